The summed E-state index contributed by atoms with van der Waals surface area (Å²) in [6, 6.07) is 0. The smallest absolute Gasteiger partial charge is 0.0992 e. The number of hydrogen-bond donors (Lipinski definition) is 0. The maximum Gasteiger partial charge on any atom is 0.0992 e. The lowest BCUT2D eigenvalue weighted by Crippen LogP contribution is -2.53. The number of nitrogens with zero attached hydrogens (tertiary/aromatic N) is 2. The van der Waals surface area contributed by atoms with E-state index in [2.05, 4.69) is 51.3 Å². The largest absolute Gasteiger partial charge is 0.373 e. The molecule has 1 heterocycles. The minimum absolute atomic E-state index is 0.0678. The molecule has 1 fully saturated rings. The van der Waals surface area contributed by atoms with E-state index in [0.717, 1.165) is 32.9 Å². The van der Waals surface area contributed by atoms with Gasteiger partial charge in [-0.15, -0.1) is 0 Å². The molecule has 0 aromatic heterocycles. The van der Waals surface area contributed by atoms with Crippen LogP contribution in [0.15, 0.2) is 0 Å². The van der Waals surface area contributed by atoms with Crippen molar-refractivity contribution in [2.45, 2.75) is 52.7 Å². The average molecular weight is 272 g/mol. The highest BCUT2D eigenvalue weighted by atomic mass is 16.5. The minimum atomic E-state index is -0.0678. The zero-order valence-electron chi connectivity index (χ0n) is 13.7. The van der Waals surface area contributed by atoms with E-state index in [9.17, 15) is 0 Å². The van der Waals surface area contributed by atoms with Gasteiger partial charge in [0, 0.05) is 31.7 Å². The number of rotatable bonds is 5. The molecule has 1 aliphatic rings. The number of hydrogen-bond acceptors (Lipinski definition) is 4. The van der Waals surface area contributed by atoms with Crippen molar-refractivity contribution in [2.75, 3.05) is 46.1 Å². The van der Waals surface area contributed by atoms with Crippen LogP contribution < -0.4 is 0 Å². The first-order valence-corrected chi connectivity index (χ1v) is 7.37. The lowest BCUT2D eigenvalue weighted by Gasteiger charge is -2.42. The molecule has 1 rings (SSSR count). The van der Waals surface area contributed by atoms with Crippen LogP contribution in [0.1, 0.15) is 41.5 Å². The van der Waals surface area contributed by atoms with Gasteiger partial charge in [-0.1, -0.05) is 0 Å². The van der Waals surface area contributed by atoms with Crippen molar-refractivity contribution >= 4 is 0 Å². The third-order valence-electron chi connectivity index (χ3n) is 3.36. The highest BCUT2D eigenvalue weighted by Crippen LogP contribution is 2.15. The fraction of sp³-hybridized carbons (Fsp3) is 1.00. The van der Waals surface area contributed by atoms with E-state index < -0.39 is 0 Å². The second kappa shape index (κ2) is 7.02. The topological polar surface area (TPSA) is 24.9 Å². The molecular weight excluding hydrogens is 240 g/mol. The standard InChI is InChI=1S/C15H32N2O2/c1-14(2,3)17-9-7-16(8-10-17)13-18-11-12-19-15(4,5)6/h7-13H2,1-6H3. The van der Waals surface area contributed by atoms with E-state index in [1.165, 1.54) is 0 Å². The molecular formula is C15H32N2O2. The Kier molecular flexibility index (Phi) is 6.24. The van der Waals surface area contributed by atoms with Crippen LogP contribution >= 0.6 is 0 Å². The molecule has 0 aliphatic carbocycles. The predicted molar refractivity (Wildman–Crippen MR) is 79.4 cm³/mol. The molecule has 0 radical (unpaired) electrons. The van der Waals surface area contributed by atoms with Gasteiger partial charge in [0.05, 0.1) is 25.5 Å². The zero-order valence-corrected chi connectivity index (χ0v) is 13.7. The highest BCUT2D eigenvalue weighted by Gasteiger charge is 2.25. The highest BCUT2D eigenvalue weighted by molar-refractivity contribution is 4.81. The second-order valence-corrected chi connectivity index (χ2v) is 7.27. The normalized spacial score (nSPS) is 19.9. The van der Waals surface area contributed by atoms with Crippen LogP contribution in [0.4, 0.5) is 0 Å². The summed E-state index contributed by atoms with van der Waals surface area (Å²) < 4.78 is 11.3. The number of ether oxygens (including phenoxy) is 2. The van der Waals surface area contributed by atoms with Crippen molar-refractivity contribution in [1.82, 2.24) is 9.80 Å². The van der Waals surface area contributed by atoms with Crippen LogP contribution in [0.3, 0.4) is 0 Å². The quantitative estimate of drug-likeness (QED) is 0.716. The third-order valence-corrected chi connectivity index (χ3v) is 3.36. The van der Waals surface area contributed by atoms with Gasteiger partial charge in [-0.25, -0.2) is 0 Å². The molecule has 0 amide bonds. The predicted octanol–water partition coefficient (Wildman–Crippen LogP) is 2.19. The van der Waals surface area contributed by atoms with E-state index >= 15 is 0 Å². The molecule has 0 bridgehead atoms. The van der Waals surface area contributed by atoms with E-state index in [4.69, 9.17) is 9.47 Å². The van der Waals surface area contributed by atoms with Crippen LogP contribution in [0.2, 0.25) is 0 Å². The third kappa shape index (κ3) is 7.25. The summed E-state index contributed by atoms with van der Waals surface area (Å²) in [5.41, 5.74) is 0.217. The Hall–Kier alpha value is -0.160. The molecule has 0 spiro atoms. The Bertz CT molecular complexity index is 248. The summed E-state index contributed by atoms with van der Waals surface area (Å²) >= 11 is 0. The van der Waals surface area contributed by atoms with Gasteiger partial charge in [0.15, 0.2) is 0 Å². The molecule has 4 heteroatoms. The van der Waals surface area contributed by atoms with Crippen LogP contribution in [-0.2, 0) is 9.47 Å². The Morgan fingerprint density at radius 2 is 1.42 bits per heavy atom. The Labute approximate surface area is 119 Å². The fourth-order valence-electron chi connectivity index (χ4n) is 2.15. The lowest BCUT2D eigenvalue weighted by molar-refractivity contribution is -0.0628. The molecule has 0 N–H and O–H groups in total. The van der Waals surface area contributed by atoms with Crippen LogP contribution in [0, 0.1) is 0 Å². The summed E-state index contributed by atoms with van der Waals surface area (Å²) in [6.45, 7) is 19.6. The summed E-state index contributed by atoms with van der Waals surface area (Å²) in [4.78, 5) is 4.91. The molecule has 19 heavy (non-hydrogen) atoms. The van der Waals surface area contributed by atoms with Crippen LogP contribution in [-0.4, -0.2) is 67.1 Å². The summed E-state index contributed by atoms with van der Waals surface area (Å²) in [6.07, 6.45) is 0. The van der Waals surface area contributed by atoms with Crippen LogP contribution in [0.5, 0.6) is 0 Å². The number of piperazine rings is 1. The first kappa shape index (κ1) is 16.9. The molecule has 0 saturated carbocycles. The fourth-order valence-corrected chi connectivity index (χ4v) is 2.15. The van der Waals surface area contributed by atoms with Gasteiger partial charge in [-0.2, -0.15) is 0 Å². The van der Waals surface area contributed by atoms with Gasteiger partial charge in [0.25, 0.3) is 0 Å². The van der Waals surface area contributed by atoms with E-state index in [1.807, 2.05) is 0 Å². The van der Waals surface area contributed by atoms with E-state index in [0.29, 0.717) is 13.2 Å². The Morgan fingerprint density at radius 3 is 1.89 bits per heavy atom. The molecule has 114 valence electrons. The maximum absolute atomic E-state index is 5.67. The Balaban J connectivity index is 2.07. The molecule has 0 aromatic rings. The zero-order chi connectivity index (χ0) is 14.5. The summed E-state index contributed by atoms with van der Waals surface area (Å²) in [7, 11) is 0. The van der Waals surface area contributed by atoms with Crippen molar-refractivity contribution in [2.24, 2.45) is 0 Å². The molecule has 0 aromatic carbocycles. The molecule has 1 saturated heterocycles. The van der Waals surface area contributed by atoms with Gasteiger partial charge in [0.2, 0.25) is 0 Å². The Morgan fingerprint density at radius 1 is 0.842 bits per heavy atom. The average Bonchev–Trinajstić information content (AvgIpc) is 2.26. The summed E-state index contributed by atoms with van der Waals surface area (Å²) in [5.74, 6) is 0. The van der Waals surface area contributed by atoms with Gasteiger partial charge >= 0.3 is 0 Å². The van der Waals surface area contributed by atoms with Crippen molar-refractivity contribution in [1.29, 1.82) is 0 Å². The molecule has 4 nitrogen and oxygen atoms in total. The van der Waals surface area contributed by atoms with Gasteiger partial charge in [-0.3, -0.25) is 9.80 Å². The molecule has 0 atom stereocenters. The molecule has 0 unspecified atom stereocenters. The van der Waals surface area contributed by atoms with Crippen molar-refractivity contribution < 1.29 is 9.47 Å². The SMILES string of the molecule is CC(C)(C)OCCOCN1CCN(C(C)(C)C)CC1. The minimum Gasteiger partial charge on any atom is -0.373 e. The van der Waals surface area contributed by atoms with Gasteiger partial charge < -0.3 is 9.47 Å². The summed E-state index contributed by atoms with van der Waals surface area (Å²) in [5, 5.41) is 0. The van der Waals surface area contributed by atoms with Crippen molar-refractivity contribution in [3.8, 4) is 0 Å². The second-order valence-electron chi connectivity index (χ2n) is 7.27. The molecule has 1 aliphatic heterocycles. The van der Waals surface area contributed by atoms with Crippen LogP contribution in [0.25, 0.3) is 0 Å². The van der Waals surface area contributed by atoms with E-state index in [1.54, 1.807) is 0 Å². The maximum atomic E-state index is 5.67. The van der Waals surface area contributed by atoms with E-state index in [-0.39, 0.29) is 11.1 Å². The first-order valence-electron chi connectivity index (χ1n) is 7.37. The van der Waals surface area contributed by atoms with Crippen molar-refractivity contribution in [3.05, 3.63) is 0 Å². The monoisotopic (exact) mass is 272 g/mol. The first-order chi connectivity index (χ1) is 8.68. The van der Waals surface area contributed by atoms with Gasteiger partial charge in [0.1, 0.15) is 0 Å². The van der Waals surface area contributed by atoms with Gasteiger partial charge in [-0.05, 0) is 41.5 Å². The van der Waals surface area contributed by atoms with Crippen molar-refractivity contribution in [3.63, 3.8) is 0 Å². The lowest BCUT2D eigenvalue weighted by atomic mass is 10.1.